The van der Waals surface area contributed by atoms with Gasteiger partial charge in [0.25, 0.3) is 10.1 Å². The summed E-state index contributed by atoms with van der Waals surface area (Å²) in [4.78, 5) is 10.8. The monoisotopic (exact) mass is 234 g/mol. The van der Waals surface area contributed by atoms with E-state index in [1.807, 2.05) is 0 Å². The molecular weight excluding hydrogens is 223 g/mol. The van der Waals surface area contributed by atoms with Crippen molar-refractivity contribution in [1.29, 1.82) is 0 Å². The third-order valence-corrected chi connectivity index (χ3v) is 2.92. The molecule has 0 aromatic heterocycles. The number of hydrogen-bond acceptors (Lipinski definition) is 4. The van der Waals surface area contributed by atoms with Crippen LogP contribution in [0.1, 0.15) is 6.92 Å². The number of carbonyl (C=O) groups excluding carboxylic acids is 1. The Balaban J connectivity index is 0. The fourth-order valence-corrected chi connectivity index (χ4v) is 1.97. The van der Waals surface area contributed by atoms with Crippen LogP contribution in [-0.2, 0) is 14.9 Å². The topological polar surface area (TPSA) is 71.4 Å². The zero-order chi connectivity index (χ0) is 9.78. The van der Waals surface area contributed by atoms with Crippen molar-refractivity contribution in [3.05, 3.63) is 12.2 Å². The summed E-state index contributed by atoms with van der Waals surface area (Å²) >= 11 is 0.834. The zero-order valence-electron chi connectivity index (χ0n) is 6.61. The van der Waals surface area contributed by atoms with Crippen molar-refractivity contribution in [3.8, 4) is 0 Å². The molecule has 0 aromatic rings. The van der Waals surface area contributed by atoms with Crippen molar-refractivity contribution in [1.82, 2.24) is 0 Å². The quantitative estimate of drug-likeness (QED) is 0.423. The van der Waals surface area contributed by atoms with Gasteiger partial charge in [-0.3, -0.25) is 9.35 Å². The summed E-state index contributed by atoms with van der Waals surface area (Å²) in [6.07, 6.45) is 0. The summed E-state index contributed by atoms with van der Waals surface area (Å²) in [6.45, 7) is 4.93. The van der Waals surface area contributed by atoms with Crippen LogP contribution < -0.4 is 0 Å². The van der Waals surface area contributed by atoms with E-state index in [2.05, 4.69) is 6.58 Å². The van der Waals surface area contributed by atoms with Crippen molar-refractivity contribution in [2.45, 2.75) is 6.92 Å². The summed E-state index contributed by atoms with van der Waals surface area (Å²) < 4.78 is 28.7. The van der Waals surface area contributed by atoms with Crippen LogP contribution in [0.15, 0.2) is 12.2 Å². The van der Waals surface area contributed by atoms with Crippen LogP contribution in [0.5, 0.6) is 0 Å². The first-order valence-corrected chi connectivity index (χ1v) is 5.70. The van der Waals surface area contributed by atoms with E-state index in [9.17, 15) is 13.2 Å². The molecule has 0 bridgehead atoms. The Hall–Kier alpha value is 0.670. The molecule has 0 aromatic carbocycles. The summed E-state index contributed by atoms with van der Waals surface area (Å²) in [5, 5.41) is -0.251. The molecule has 0 atom stereocenters. The maximum atomic E-state index is 10.8. The molecule has 0 spiro atoms. The van der Waals surface area contributed by atoms with Gasteiger partial charge in [0.15, 0.2) is 0 Å². The summed E-state index contributed by atoms with van der Waals surface area (Å²) in [5.74, 6) is -0.346. The van der Waals surface area contributed by atoms with E-state index in [1.54, 1.807) is 6.92 Å². The third kappa shape index (κ3) is 10.6. The molecule has 0 radical (unpaired) electrons. The fourth-order valence-electron chi connectivity index (χ4n) is 0.363. The molecule has 72 valence electrons. The van der Waals surface area contributed by atoms with E-state index in [-0.39, 0.29) is 40.4 Å². The number of hydrogen-bond donors (Lipinski definition) is 1. The number of carbonyl (C=O) groups is 1. The van der Waals surface area contributed by atoms with Crippen LogP contribution in [0.4, 0.5) is 0 Å². The van der Waals surface area contributed by atoms with Gasteiger partial charge in [-0.2, -0.15) is 8.42 Å². The first-order chi connectivity index (χ1) is 5.33. The molecule has 0 amide bonds. The zero-order valence-corrected chi connectivity index (χ0v) is 8.24. The van der Waals surface area contributed by atoms with Gasteiger partial charge in [0.1, 0.15) is 0 Å². The molecule has 0 aliphatic rings. The second kappa shape index (κ2) is 7.03. The van der Waals surface area contributed by atoms with Gasteiger partial charge in [0, 0.05) is 5.75 Å². The van der Waals surface area contributed by atoms with Crippen LogP contribution in [0.2, 0.25) is 0 Å². The van der Waals surface area contributed by atoms with Gasteiger partial charge in [0.05, 0.1) is 5.75 Å². The Labute approximate surface area is 104 Å². The predicted molar refractivity (Wildman–Crippen MR) is 55.8 cm³/mol. The van der Waals surface area contributed by atoms with Gasteiger partial charge in [0.2, 0.25) is 5.12 Å². The molecule has 0 saturated heterocycles. The van der Waals surface area contributed by atoms with Gasteiger partial charge in [-0.1, -0.05) is 18.3 Å². The van der Waals surface area contributed by atoms with Crippen LogP contribution in [0.25, 0.3) is 0 Å². The van der Waals surface area contributed by atoms with Crippen LogP contribution in [-0.4, -0.2) is 59.1 Å². The summed E-state index contributed by atoms with van der Waals surface area (Å²) in [5.41, 5.74) is 0.371. The first kappa shape index (κ1) is 16.1. The molecule has 4 nitrogen and oxygen atoms in total. The molecule has 7 heteroatoms. The summed E-state index contributed by atoms with van der Waals surface area (Å²) in [6, 6.07) is 0. The van der Waals surface area contributed by atoms with Gasteiger partial charge in [-0.05, 0) is 12.5 Å². The van der Waals surface area contributed by atoms with Crippen LogP contribution in [0, 0.1) is 0 Å². The standard InChI is InChI=1S/C6H10O4S2.Na.H/c1-5(2)6(7)11-3-4-12(8,9)10;;/h1,3-4H2,2H3,(H,8,9,10);;. The van der Waals surface area contributed by atoms with Crippen molar-refractivity contribution >= 4 is 56.6 Å². The second-order valence-corrected chi connectivity index (χ2v) is 4.84. The fraction of sp³-hybridized carbons (Fsp3) is 0.500. The Morgan fingerprint density at radius 3 is 2.31 bits per heavy atom. The number of thioether (sulfide) groups is 1. The van der Waals surface area contributed by atoms with E-state index < -0.39 is 15.9 Å². The van der Waals surface area contributed by atoms with Crippen LogP contribution >= 0.6 is 11.8 Å². The van der Waals surface area contributed by atoms with Gasteiger partial charge in [-0.15, -0.1) is 0 Å². The minimum atomic E-state index is -3.95. The SMILES string of the molecule is C=C(C)C(=O)SCCS(=O)(=O)O.[NaH]. The molecule has 1 N–H and O–H groups in total. The molecule has 0 saturated carbocycles. The Morgan fingerprint density at radius 2 is 2.00 bits per heavy atom. The Bertz CT molecular complexity index is 283. The molecule has 0 fully saturated rings. The van der Waals surface area contributed by atoms with Gasteiger partial charge in [-0.25, -0.2) is 0 Å². The molecule has 0 rings (SSSR count). The van der Waals surface area contributed by atoms with E-state index in [0.29, 0.717) is 5.57 Å². The average Bonchev–Trinajstić information content (AvgIpc) is 1.84. The van der Waals surface area contributed by atoms with Gasteiger partial charge >= 0.3 is 29.6 Å². The van der Waals surface area contributed by atoms with E-state index in [0.717, 1.165) is 11.8 Å². The Morgan fingerprint density at radius 1 is 1.54 bits per heavy atom. The number of rotatable bonds is 4. The van der Waals surface area contributed by atoms with Crippen LogP contribution in [0.3, 0.4) is 0 Å². The molecule has 0 aliphatic heterocycles. The second-order valence-electron chi connectivity index (χ2n) is 2.20. The van der Waals surface area contributed by atoms with Crippen molar-refractivity contribution < 1.29 is 17.8 Å². The molecule has 0 unspecified atom stereocenters. The third-order valence-electron chi connectivity index (χ3n) is 0.923. The molecule has 13 heavy (non-hydrogen) atoms. The van der Waals surface area contributed by atoms with E-state index >= 15 is 0 Å². The maximum absolute atomic E-state index is 10.8. The minimum absolute atomic E-state index is 0. The van der Waals surface area contributed by atoms with Gasteiger partial charge < -0.3 is 0 Å². The summed E-state index contributed by atoms with van der Waals surface area (Å²) in [7, 11) is -3.95. The first-order valence-electron chi connectivity index (χ1n) is 3.11. The normalized spacial score (nSPS) is 10.3. The average molecular weight is 234 g/mol. The van der Waals surface area contributed by atoms with Crippen molar-refractivity contribution in [2.75, 3.05) is 11.5 Å². The van der Waals surface area contributed by atoms with E-state index in [1.165, 1.54) is 0 Å². The molecule has 0 heterocycles. The Kier molecular flexibility index (Phi) is 8.71. The van der Waals surface area contributed by atoms with Crippen molar-refractivity contribution in [3.63, 3.8) is 0 Å². The molecule has 0 aliphatic carbocycles. The molecular formula is C6H11NaO4S2. The van der Waals surface area contributed by atoms with E-state index in [4.69, 9.17) is 4.55 Å². The predicted octanol–water partition coefficient (Wildman–Crippen LogP) is 0.0616. The van der Waals surface area contributed by atoms with Crippen molar-refractivity contribution in [2.24, 2.45) is 0 Å².